The Morgan fingerprint density at radius 3 is 2.80 bits per heavy atom. The van der Waals surface area contributed by atoms with Crippen LogP contribution in [0.1, 0.15) is 20.3 Å². The third-order valence-corrected chi connectivity index (χ3v) is 3.91. The standard InChI is InChI=1S/C11H24N2OS/c1-4-12-11-5-6-13(9-10(11)2)7-8-15(3)14/h10-12H,4-9H2,1-3H3. The van der Waals surface area contributed by atoms with E-state index in [0.29, 0.717) is 12.0 Å². The molecule has 0 amide bonds. The molecule has 4 heteroatoms. The maximum atomic E-state index is 11.0. The zero-order chi connectivity index (χ0) is 11.3. The first-order valence-electron chi connectivity index (χ1n) is 5.89. The minimum absolute atomic E-state index is 0.648. The largest absolute Gasteiger partial charge is 0.314 e. The number of hydrogen-bond acceptors (Lipinski definition) is 3. The highest BCUT2D eigenvalue weighted by atomic mass is 32.2. The molecule has 0 aromatic carbocycles. The van der Waals surface area contributed by atoms with Crippen molar-refractivity contribution in [1.82, 2.24) is 10.2 Å². The van der Waals surface area contributed by atoms with Gasteiger partial charge in [-0.05, 0) is 25.4 Å². The van der Waals surface area contributed by atoms with Crippen molar-refractivity contribution in [1.29, 1.82) is 0 Å². The van der Waals surface area contributed by atoms with Gasteiger partial charge in [-0.25, -0.2) is 0 Å². The highest BCUT2D eigenvalue weighted by molar-refractivity contribution is 7.84. The van der Waals surface area contributed by atoms with Crippen LogP contribution in [0.4, 0.5) is 0 Å². The van der Waals surface area contributed by atoms with Gasteiger partial charge in [-0.3, -0.25) is 4.21 Å². The summed E-state index contributed by atoms with van der Waals surface area (Å²) in [6, 6.07) is 0.679. The molecule has 1 saturated heterocycles. The average molecular weight is 232 g/mol. The van der Waals surface area contributed by atoms with Crippen LogP contribution in [0.25, 0.3) is 0 Å². The van der Waals surface area contributed by atoms with E-state index in [1.54, 1.807) is 6.26 Å². The fourth-order valence-corrected chi connectivity index (χ4v) is 2.77. The van der Waals surface area contributed by atoms with Crippen molar-refractivity contribution in [2.45, 2.75) is 26.3 Å². The number of hydrogen-bond donors (Lipinski definition) is 1. The fourth-order valence-electron chi connectivity index (χ4n) is 2.26. The lowest BCUT2D eigenvalue weighted by Gasteiger charge is -2.37. The first-order valence-corrected chi connectivity index (χ1v) is 7.62. The summed E-state index contributed by atoms with van der Waals surface area (Å²) in [4.78, 5) is 2.44. The lowest BCUT2D eigenvalue weighted by Crippen LogP contribution is -2.48. The van der Waals surface area contributed by atoms with E-state index in [1.807, 2.05) is 0 Å². The number of likely N-dealkylation sites (tertiary alicyclic amines) is 1. The van der Waals surface area contributed by atoms with Gasteiger partial charge in [0.15, 0.2) is 0 Å². The Kier molecular flexibility index (Phi) is 5.79. The average Bonchev–Trinajstić information content (AvgIpc) is 2.19. The first kappa shape index (κ1) is 13.1. The van der Waals surface area contributed by atoms with Crippen molar-refractivity contribution in [3.8, 4) is 0 Å². The zero-order valence-corrected chi connectivity index (χ0v) is 11.0. The maximum absolute atomic E-state index is 11.0. The molecule has 0 aromatic rings. The van der Waals surface area contributed by atoms with Crippen LogP contribution in [0.2, 0.25) is 0 Å². The Morgan fingerprint density at radius 1 is 1.53 bits per heavy atom. The summed E-state index contributed by atoms with van der Waals surface area (Å²) in [5.41, 5.74) is 0. The third-order valence-electron chi connectivity index (χ3n) is 3.15. The molecule has 0 bridgehead atoms. The van der Waals surface area contributed by atoms with Gasteiger partial charge in [0.1, 0.15) is 0 Å². The summed E-state index contributed by atoms with van der Waals surface area (Å²) >= 11 is 0. The molecule has 0 aliphatic carbocycles. The molecule has 0 spiro atoms. The molecular weight excluding hydrogens is 208 g/mol. The molecule has 90 valence electrons. The molecule has 3 nitrogen and oxygen atoms in total. The molecule has 1 heterocycles. The predicted molar refractivity (Wildman–Crippen MR) is 66.6 cm³/mol. The van der Waals surface area contributed by atoms with Crippen LogP contribution < -0.4 is 5.32 Å². The van der Waals surface area contributed by atoms with Gasteiger partial charge >= 0.3 is 0 Å². The van der Waals surface area contributed by atoms with Crippen LogP contribution in [0.3, 0.4) is 0 Å². The Labute approximate surface area is 96.1 Å². The molecule has 15 heavy (non-hydrogen) atoms. The van der Waals surface area contributed by atoms with Gasteiger partial charge < -0.3 is 10.2 Å². The quantitative estimate of drug-likeness (QED) is 0.757. The second-order valence-electron chi connectivity index (χ2n) is 4.51. The zero-order valence-electron chi connectivity index (χ0n) is 10.2. The van der Waals surface area contributed by atoms with Gasteiger partial charge in [0.2, 0.25) is 0 Å². The number of nitrogens with one attached hydrogen (secondary N) is 1. The van der Waals surface area contributed by atoms with Crippen molar-refractivity contribution in [3.05, 3.63) is 0 Å². The number of rotatable bonds is 5. The topological polar surface area (TPSA) is 32.3 Å². The fraction of sp³-hybridized carbons (Fsp3) is 1.00. The highest BCUT2D eigenvalue weighted by Gasteiger charge is 2.24. The van der Waals surface area contributed by atoms with E-state index in [0.717, 1.165) is 31.9 Å². The van der Waals surface area contributed by atoms with Gasteiger partial charge in [-0.2, -0.15) is 0 Å². The van der Waals surface area contributed by atoms with E-state index in [9.17, 15) is 4.21 Å². The Bertz CT molecular complexity index is 211. The van der Waals surface area contributed by atoms with Crippen molar-refractivity contribution in [2.24, 2.45) is 5.92 Å². The third kappa shape index (κ3) is 4.62. The molecule has 1 N–H and O–H groups in total. The normalized spacial score (nSPS) is 30.3. The van der Waals surface area contributed by atoms with E-state index in [4.69, 9.17) is 0 Å². The van der Waals surface area contributed by atoms with E-state index < -0.39 is 10.8 Å². The lowest BCUT2D eigenvalue weighted by molar-refractivity contribution is 0.156. The Balaban J connectivity index is 2.27. The second-order valence-corrected chi connectivity index (χ2v) is 6.06. The summed E-state index contributed by atoms with van der Waals surface area (Å²) in [6.07, 6.45) is 3.01. The predicted octanol–water partition coefficient (Wildman–Crippen LogP) is 0.685. The summed E-state index contributed by atoms with van der Waals surface area (Å²) < 4.78 is 11.0. The summed E-state index contributed by atoms with van der Waals surface area (Å²) in [6.45, 7) is 8.83. The number of nitrogens with zero attached hydrogens (tertiary/aromatic N) is 1. The molecular formula is C11H24N2OS. The van der Waals surface area contributed by atoms with Gasteiger partial charge in [0.25, 0.3) is 0 Å². The van der Waals surface area contributed by atoms with E-state index >= 15 is 0 Å². The molecule has 3 unspecified atom stereocenters. The van der Waals surface area contributed by atoms with Crippen molar-refractivity contribution in [2.75, 3.05) is 38.2 Å². The maximum Gasteiger partial charge on any atom is 0.0359 e. The summed E-state index contributed by atoms with van der Waals surface area (Å²) in [5.74, 6) is 1.53. The number of piperidine rings is 1. The van der Waals surface area contributed by atoms with Crippen LogP contribution in [-0.4, -0.2) is 53.3 Å². The molecule has 0 radical (unpaired) electrons. The first-order chi connectivity index (χ1) is 7.13. The van der Waals surface area contributed by atoms with Crippen molar-refractivity contribution >= 4 is 10.8 Å². The Morgan fingerprint density at radius 2 is 2.27 bits per heavy atom. The van der Waals surface area contributed by atoms with Crippen LogP contribution >= 0.6 is 0 Å². The van der Waals surface area contributed by atoms with Gasteiger partial charge in [0, 0.05) is 41.9 Å². The monoisotopic (exact) mass is 232 g/mol. The SMILES string of the molecule is CCNC1CCN(CCS(C)=O)CC1C. The molecule has 1 rings (SSSR count). The van der Waals surface area contributed by atoms with E-state index in [1.165, 1.54) is 6.42 Å². The van der Waals surface area contributed by atoms with Crippen LogP contribution in [-0.2, 0) is 10.8 Å². The molecule has 0 aromatic heterocycles. The molecule has 1 fully saturated rings. The van der Waals surface area contributed by atoms with E-state index in [2.05, 4.69) is 24.1 Å². The van der Waals surface area contributed by atoms with Crippen LogP contribution in [0, 0.1) is 5.92 Å². The molecule has 3 atom stereocenters. The lowest BCUT2D eigenvalue weighted by atomic mass is 9.94. The van der Waals surface area contributed by atoms with Crippen LogP contribution in [0.5, 0.6) is 0 Å². The summed E-state index contributed by atoms with van der Waals surface area (Å²) in [5, 5.41) is 3.53. The molecule has 1 aliphatic heterocycles. The Hall–Kier alpha value is 0.0700. The minimum atomic E-state index is -0.648. The smallest absolute Gasteiger partial charge is 0.0359 e. The molecule has 1 aliphatic rings. The van der Waals surface area contributed by atoms with Crippen molar-refractivity contribution < 1.29 is 4.21 Å². The van der Waals surface area contributed by atoms with Gasteiger partial charge in [-0.1, -0.05) is 13.8 Å². The molecule has 0 saturated carbocycles. The second kappa shape index (κ2) is 6.61. The van der Waals surface area contributed by atoms with Crippen molar-refractivity contribution in [3.63, 3.8) is 0 Å². The van der Waals surface area contributed by atoms with E-state index in [-0.39, 0.29) is 0 Å². The minimum Gasteiger partial charge on any atom is -0.314 e. The highest BCUT2D eigenvalue weighted by Crippen LogP contribution is 2.16. The van der Waals surface area contributed by atoms with Gasteiger partial charge in [0.05, 0.1) is 0 Å². The summed E-state index contributed by atoms with van der Waals surface area (Å²) in [7, 11) is -0.648. The van der Waals surface area contributed by atoms with Crippen LogP contribution in [0.15, 0.2) is 0 Å². The van der Waals surface area contributed by atoms with Gasteiger partial charge in [-0.15, -0.1) is 0 Å².